The van der Waals surface area contributed by atoms with E-state index in [1.165, 1.54) is 0 Å². The molecule has 0 saturated heterocycles. The second kappa shape index (κ2) is 6.70. The van der Waals surface area contributed by atoms with Crippen molar-refractivity contribution in [3.05, 3.63) is 17.7 Å². The number of carboxylic acids is 1. The summed E-state index contributed by atoms with van der Waals surface area (Å²) in [5.41, 5.74) is -0.773. The quantitative estimate of drug-likeness (QED) is 0.831. The third kappa shape index (κ3) is 4.85. The summed E-state index contributed by atoms with van der Waals surface area (Å²) >= 11 is 0. The summed E-state index contributed by atoms with van der Waals surface area (Å²) in [6.45, 7) is 1.16. The normalized spacial score (nSPS) is 11.8. The standard InChI is InChI=1S/C12H16F3N3O3/c1-7(2)10-16-5-8(9(17-10)11(20)21)18(3-4-19)6-12(13,14)15/h5,7,19H,3-4,6H2,1-2H3,(H,20,21). The van der Waals surface area contributed by atoms with Gasteiger partial charge in [0, 0.05) is 12.5 Å². The van der Waals surface area contributed by atoms with Crippen LogP contribution in [0.3, 0.4) is 0 Å². The Kier molecular flexibility index (Phi) is 5.47. The van der Waals surface area contributed by atoms with E-state index in [0.29, 0.717) is 4.90 Å². The fourth-order valence-corrected chi connectivity index (χ4v) is 1.68. The summed E-state index contributed by atoms with van der Waals surface area (Å²) < 4.78 is 37.6. The van der Waals surface area contributed by atoms with Crippen LogP contribution < -0.4 is 4.90 Å². The first-order valence-corrected chi connectivity index (χ1v) is 6.18. The van der Waals surface area contributed by atoms with Crippen LogP contribution in [0.4, 0.5) is 18.9 Å². The van der Waals surface area contributed by atoms with E-state index in [0.717, 1.165) is 6.20 Å². The molecule has 1 rings (SSSR count). The van der Waals surface area contributed by atoms with E-state index in [9.17, 15) is 18.0 Å². The van der Waals surface area contributed by atoms with Gasteiger partial charge in [-0.25, -0.2) is 14.8 Å². The summed E-state index contributed by atoms with van der Waals surface area (Å²) in [5.74, 6) is -1.38. The van der Waals surface area contributed by atoms with Gasteiger partial charge < -0.3 is 15.1 Å². The van der Waals surface area contributed by atoms with Crippen LogP contribution >= 0.6 is 0 Å². The van der Waals surface area contributed by atoms with Crippen LogP contribution in [0.5, 0.6) is 0 Å². The minimum absolute atomic E-state index is 0.161. The van der Waals surface area contributed by atoms with Gasteiger partial charge in [0.25, 0.3) is 0 Å². The molecule has 2 N–H and O–H groups in total. The number of aromatic nitrogens is 2. The van der Waals surface area contributed by atoms with Crippen molar-refractivity contribution in [2.45, 2.75) is 25.9 Å². The number of aromatic carboxylic acids is 1. The van der Waals surface area contributed by atoms with Gasteiger partial charge in [-0.2, -0.15) is 13.2 Å². The Morgan fingerprint density at radius 1 is 1.43 bits per heavy atom. The number of rotatable bonds is 6. The van der Waals surface area contributed by atoms with E-state index in [1.807, 2.05) is 0 Å². The van der Waals surface area contributed by atoms with Crippen molar-refractivity contribution >= 4 is 11.7 Å². The Labute approximate surface area is 119 Å². The van der Waals surface area contributed by atoms with E-state index in [-0.39, 0.29) is 24.0 Å². The van der Waals surface area contributed by atoms with Crippen LogP contribution in [0, 0.1) is 0 Å². The molecule has 0 unspecified atom stereocenters. The van der Waals surface area contributed by atoms with E-state index in [1.54, 1.807) is 13.8 Å². The lowest BCUT2D eigenvalue weighted by Crippen LogP contribution is -2.37. The van der Waals surface area contributed by atoms with Gasteiger partial charge in [0.1, 0.15) is 12.4 Å². The third-order valence-corrected chi connectivity index (χ3v) is 2.59. The van der Waals surface area contributed by atoms with Gasteiger partial charge in [0.2, 0.25) is 0 Å². The van der Waals surface area contributed by atoms with E-state index in [2.05, 4.69) is 9.97 Å². The fraction of sp³-hybridized carbons (Fsp3) is 0.583. The first kappa shape index (κ1) is 17.2. The average Bonchev–Trinajstić information content (AvgIpc) is 2.35. The molecular formula is C12H16F3N3O3. The lowest BCUT2D eigenvalue weighted by molar-refractivity contribution is -0.119. The average molecular weight is 307 g/mol. The van der Waals surface area contributed by atoms with Gasteiger partial charge >= 0.3 is 12.1 Å². The second-order valence-electron chi connectivity index (χ2n) is 4.68. The van der Waals surface area contributed by atoms with Gasteiger partial charge in [-0.3, -0.25) is 0 Å². The summed E-state index contributed by atoms with van der Waals surface area (Å²) in [5, 5.41) is 18.0. The maximum atomic E-state index is 12.5. The highest BCUT2D eigenvalue weighted by Gasteiger charge is 2.33. The van der Waals surface area contributed by atoms with Gasteiger partial charge in [-0.15, -0.1) is 0 Å². The minimum atomic E-state index is -4.54. The zero-order chi connectivity index (χ0) is 16.2. The molecule has 1 aromatic heterocycles. The fourth-order valence-electron chi connectivity index (χ4n) is 1.68. The molecule has 0 aliphatic rings. The van der Waals surface area contributed by atoms with E-state index >= 15 is 0 Å². The Morgan fingerprint density at radius 2 is 2.05 bits per heavy atom. The number of alkyl halides is 3. The maximum absolute atomic E-state index is 12.5. The third-order valence-electron chi connectivity index (χ3n) is 2.59. The number of halogens is 3. The molecule has 21 heavy (non-hydrogen) atoms. The number of nitrogens with zero attached hydrogens (tertiary/aromatic N) is 3. The minimum Gasteiger partial charge on any atom is -0.476 e. The van der Waals surface area contributed by atoms with Crippen LogP contribution in [0.25, 0.3) is 0 Å². The largest absolute Gasteiger partial charge is 0.476 e. The summed E-state index contributed by atoms with van der Waals surface area (Å²) in [6.07, 6.45) is -3.49. The summed E-state index contributed by atoms with van der Waals surface area (Å²) in [7, 11) is 0. The molecule has 0 aromatic carbocycles. The number of hydrogen-bond donors (Lipinski definition) is 2. The van der Waals surface area contributed by atoms with Crippen LogP contribution in [-0.4, -0.2) is 52.0 Å². The molecular weight excluding hydrogens is 291 g/mol. The van der Waals surface area contributed by atoms with Gasteiger partial charge in [0.05, 0.1) is 18.5 Å². The zero-order valence-electron chi connectivity index (χ0n) is 11.6. The Morgan fingerprint density at radius 3 is 2.48 bits per heavy atom. The molecule has 0 fully saturated rings. The molecule has 0 spiro atoms. The van der Waals surface area contributed by atoms with Crippen LogP contribution in [0.1, 0.15) is 36.1 Å². The molecule has 1 aromatic rings. The molecule has 0 radical (unpaired) electrons. The van der Waals surface area contributed by atoms with Crippen molar-refractivity contribution in [2.24, 2.45) is 0 Å². The summed E-state index contributed by atoms with van der Waals surface area (Å²) in [6, 6.07) is 0. The number of carboxylic acid groups (broad SMARTS) is 1. The number of carbonyl (C=O) groups is 1. The topological polar surface area (TPSA) is 86.5 Å². The molecule has 9 heteroatoms. The first-order chi connectivity index (χ1) is 9.65. The van der Waals surface area contributed by atoms with Crippen molar-refractivity contribution in [1.82, 2.24) is 9.97 Å². The zero-order valence-corrected chi connectivity index (χ0v) is 11.6. The van der Waals surface area contributed by atoms with E-state index < -0.39 is 31.0 Å². The van der Waals surface area contributed by atoms with Crippen molar-refractivity contribution in [1.29, 1.82) is 0 Å². The maximum Gasteiger partial charge on any atom is 0.405 e. The predicted molar refractivity (Wildman–Crippen MR) is 68.4 cm³/mol. The first-order valence-electron chi connectivity index (χ1n) is 6.18. The van der Waals surface area contributed by atoms with Crippen molar-refractivity contribution in [2.75, 3.05) is 24.6 Å². The predicted octanol–water partition coefficient (Wildman–Crippen LogP) is 1.66. The lowest BCUT2D eigenvalue weighted by atomic mass is 10.2. The Hall–Kier alpha value is -1.90. The smallest absolute Gasteiger partial charge is 0.405 e. The molecule has 0 atom stereocenters. The van der Waals surface area contributed by atoms with Crippen LogP contribution in [0.2, 0.25) is 0 Å². The molecule has 118 valence electrons. The van der Waals surface area contributed by atoms with Gasteiger partial charge in [0.15, 0.2) is 5.69 Å². The molecule has 1 heterocycles. The highest BCUT2D eigenvalue weighted by atomic mass is 19.4. The summed E-state index contributed by atoms with van der Waals surface area (Å²) in [4.78, 5) is 19.6. The van der Waals surface area contributed by atoms with Crippen molar-refractivity contribution in [3.63, 3.8) is 0 Å². The highest BCUT2D eigenvalue weighted by molar-refractivity contribution is 5.92. The molecule has 0 amide bonds. The van der Waals surface area contributed by atoms with E-state index in [4.69, 9.17) is 10.2 Å². The number of aliphatic hydroxyl groups is 1. The number of anilines is 1. The van der Waals surface area contributed by atoms with Crippen molar-refractivity contribution < 1.29 is 28.2 Å². The van der Waals surface area contributed by atoms with Crippen molar-refractivity contribution in [3.8, 4) is 0 Å². The highest BCUT2D eigenvalue weighted by Crippen LogP contribution is 2.25. The molecule has 6 nitrogen and oxygen atoms in total. The Bertz CT molecular complexity index is 506. The molecule has 0 aliphatic heterocycles. The molecule has 0 aliphatic carbocycles. The number of aliphatic hydroxyl groups excluding tert-OH is 1. The SMILES string of the molecule is CC(C)c1ncc(N(CCO)CC(F)(F)F)c(C(=O)O)n1. The monoisotopic (exact) mass is 307 g/mol. The van der Waals surface area contributed by atoms with Crippen LogP contribution in [-0.2, 0) is 0 Å². The number of hydrogen-bond acceptors (Lipinski definition) is 5. The van der Waals surface area contributed by atoms with Gasteiger partial charge in [-0.1, -0.05) is 13.8 Å². The van der Waals surface area contributed by atoms with Gasteiger partial charge in [-0.05, 0) is 0 Å². The molecule has 0 saturated carbocycles. The van der Waals surface area contributed by atoms with Crippen LogP contribution in [0.15, 0.2) is 6.20 Å². The second-order valence-corrected chi connectivity index (χ2v) is 4.68. The molecule has 0 bridgehead atoms. The Balaban J connectivity index is 3.26. The lowest BCUT2D eigenvalue weighted by Gasteiger charge is -2.26.